The number of nitrogens with zero attached hydrogens (tertiary/aromatic N) is 1. The quantitative estimate of drug-likeness (QED) is 0.850. The summed E-state index contributed by atoms with van der Waals surface area (Å²) in [6.45, 7) is 0.0880. The maximum absolute atomic E-state index is 13.0. The van der Waals surface area contributed by atoms with E-state index in [4.69, 9.17) is 0 Å². The average Bonchev–Trinajstić information content (AvgIpc) is 3.09. The van der Waals surface area contributed by atoms with Crippen LogP contribution in [0, 0.1) is 5.82 Å². The first-order chi connectivity index (χ1) is 11.0. The molecule has 3 rings (SSSR count). The van der Waals surface area contributed by atoms with Gasteiger partial charge in [0, 0.05) is 25.0 Å². The number of carbonyl (C=O) groups is 2. The van der Waals surface area contributed by atoms with Crippen LogP contribution in [0.1, 0.15) is 21.5 Å². The van der Waals surface area contributed by atoms with E-state index in [9.17, 15) is 19.1 Å². The number of aromatic amines is 1. The van der Waals surface area contributed by atoms with Crippen LogP contribution in [0.3, 0.4) is 0 Å². The van der Waals surface area contributed by atoms with Crippen molar-refractivity contribution in [1.29, 1.82) is 0 Å². The summed E-state index contributed by atoms with van der Waals surface area (Å²) in [5.74, 6) is -1.74. The fraction of sp³-hybridized carbons (Fsp3) is 0.176. The molecule has 0 saturated carbocycles. The van der Waals surface area contributed by atoms with Crippen molar-refractivity contribution in [3.63, 3.8) is 0 Å². The molecule has 0 fully saturated rings. The Balaban J connectivity index is 1.88. The molecule has 1 amide bonds. The number of likely N-dealkylation sites (N-methyl/N-ethyl adjacent to an activating group) is 1. The zero-order chi connectivity index (χ0) is 16.6. The number of carbonyl (C=O) groups excluding carboxylic acids is 2. The van der Waals surface area contributed by atoms with Gasteiger partial charge in [-0.3, -0.25) is 9.59 Å². The molecule has 1 aliphatic rings. The van der Waals surface area contributed by atoms with Gasteiger partial charge in [0.1, 0.15) is 5.82 Å². The lowest BCUT2D eigenvalue weighted by Crippen LogP contribution is -2.22. The van der Waals surface area contributed by atoms with E-state index in [1.807, 2.05) is 0 Å². The van der Waals surface area contributed by atoms with Crippen molar-refractivity contribution in [2.45, 2.75) is 6.42 Å². The molecule has 2 heterocycles. The molecule has 1 aliphatic heterocycles. The standard InChI is InChI=1S/C17H15FN2O3/c1-20-9-14(16(22)17(20)23)15(21)13-8-19-7-11(13)6-10-2-4-12(18)5-3-10/h2-5,7-8,19,22H,6,9H2,1H3. The number of aromatic nitrogens is 1. The van der Waals surface area contributed by atoms with Gasteiger partial charge >= 0.3 is 0 Å². The van der Waals surface area contributed by atoms with E-state index in [1.165, 1.54) is 24.1 Å². The van der Waals surface area contributed by atoms with E-state index in [1.54, 1.807) is 24.5 Å². The van der Waals surface area contributed by atoms with E-state index in [2.05, 4.69) is 4.98 Å². The Morgan fingerprint density at radius 3 is 2.61 bits per heavy atom. The molecule has 0 spiro atoms. The second-order valence-corrected chi connectivity index (χ2v) is 5.51. The van der Waals surface area contributed by atoms with Crippen molar-refractivity contribution in [2.24, 2.45) is 0 Å². The van der Waals surface area contributed by atoms with Crippen LogP contribution >= 0.6 is 0 Å². The van der Waals surface area contributed by atoms with Crippen molar-refractivity contribution in [2.75, 3.05) is 13.6 Å². The van der Waals surface area contributed by atoms with Crippen LogP contribution < -0.4 is 0 Å². The third kappa shape index (κ3) is 2.75. The van der Waals surface area contributed by atoms with E-state index in [0.29, 0.717) is 12.0 Å². The molecule has 0 atom stereocenters. The highest BCUT2D eigenvalue weighted by atomic mass is 19.1. The molecule has 2 aromatic rings. The van der Waals surface area contributed by atoms with Crippen LogP contribution in [-0.2, 0) is 11.2 Å². The van der Waals surface area contributed by atoms with Crippen molar-refractivity contribution in [1.82, 2.24) is 9.88 Å². The largest absolute Gasteiger partial charge is 0.503 e. The summed E-state index contributed by atoms with van der Waals surface area (Å²) in [7, 11) is 1.52. The van der Waals surface area contributed by atoms with Crippen molar-refractivity contribution in [3.05, 3.63) is 70.5 Å². The molecule has 0 saturated heterocycles. The van der Waals surface area contributed by atoms with Gasteiger partial charge in [0.2, 0.25) is 0 Å². The van der Waals surface area contributed by atoms with Crippen LogP contribution in [-0.4, -0.2) is 40.3 Å². The molecule has 0 radical (unpaired) electrons. The second kappa shape index (κ2) is 5.72. The smallest absolute Gasteiger partial charge is 0.289 e. The van der Waals surface area contributed by atoms with E-state index < -0.39 is 11.7 Å². The van der Waals surface area contributed by atoms with Crippen LogP contribution in [0.4, 0.5) is 4.39 Å². The summed E-state index contributed by atoms with van der Waals surface area (Å²) in [4.78, 5) is 28.4. The van der Waals surface area contributed by atoms with Crippen LogP contribution in [0.25, 0.3) is 0 Å². The summed E-state index contributed by atoms with van der Waals surface area (Å²) >= 11 is 0. The number of halogens is 1. The van der Waals surface area contributed by atoms with Gasteiger partial charge in [-0.2, -0.15) is 0 Å². The highest BCUT2D eigenvalue weighted by molar-refractivity contribution is 6.15. The predicted molar refractivity (Wildman–Crippen MR) is 81.6 cm³/mol. The number of H-pyrrole nitrogens is 1. The Morgan fingerprint density at radius 2 is 2.00 bits per heavy atom. The molecule has 0 aliphatic carbocycles. The first-order valence-electron chi connectivity index (χ1n) is 7.09. The Morgan fingerprint density at radius 1 is 1.30 bits per heavy atom. The summed E-state index contributed by atoms with van der Waals surface area (Å²) < 4.78 is 13.0. The molecule has 118 valence electrons. The minimum Gasteiger partial charge on any atom is -0.503 e. The Bertz CT molecular complexity index is 806. The van der Waals surface area contributed by atoms with Crippen molar-refractivity contribution >= 4 is 11.7 Å². The van der Waals surface area contributed by atoms with Gasteiger partial charge in [-0.15, -0.1) is 0 Å². The number of aliphatic hydroxyl groups is 1. The number of rotatable bonds is 4. The first kappa shape index (κ1) is 15.0. The minimum atomic E-state index is -0.552. The normalized spacial score (nSPS) is 14.7. The predicted octanol–water partition coefficient (Wildman–Crippen LogP) is 2.21. The fourth-order valence-electron chi connectivity index (χ4n) is 2.61. The van der Waals surface area contributed by atoms with Gasteiger partial charge in [-0.1, -0.05) is 12.1 Å². The topological polar surface area (TPSA) is 73.4 Å². The van der Waals surface area contributed by atoms with Crippen LogP contribution in [0.15, 0.2) is 48.0 Å². The highest BCUT2D eigenvalue weighted by Crippen LogP contribution is 2.23. The summed E-state index contributed by atoms with van der Waals surface area (Å²) in [6.07, 6.45) is 3.68. The van der Waals surface area contributed by atoms with Gasteiger partial charge < -0.3 is 15.0 Å². The number of ketones is 1. The fourth-order valence-corrected chi connectivity index (χ4v) is 2.61. The summed E-state index contributed by atoms with van der Waals surface area (Å²) in [5.41, 5.74) is 2.08. The molecule has 1 aromatic heterocycles. The summed E-state index contributed by atoms with van der Waals surface area (Å²) in [5, 5.41) is 9.82. The minimum absolute atomic E-state index is 0.0880. The number of Topliss-reactive ketones (excluding diaryl/α,β-unsaturated/α-hetero) is 1. The number of hydrogen-bond acceptors (Lipinski definition) is 3. The summed E-state index contributed by atoms with van der Waals surface area (Å²) in [6, 6.07) is 6.03. The molecule has 5 nitrogen and oxygen atoms in total. The lowest BCUT2D eigenvalue weighted by molar-refractivity contribution is -0.126. The number of hydrogen-bond donors (Lipinski definition) is 2. The van der Waals surface area contributed by atoms with Gasteiger partial charge in [0.25, 0.3) is 5.91 Å². The lowest BCUT2D eigenvalue weighted by atomic mass is 9.98. The molecule has 1 aromatic carbocycles. The van der Waals surface area contributed by atoms with Gasteiger partial charge in [0.15, 0.2) is 11.5 Å². The van der Waals surface area contributed by atoms with E-state index in [0.717, 1.165) is 11.1 Å². The molecular formula is C17H15FN2O3. The molecule has 23 heavy (non-hydrogen) atoms. The van der Waals surface area contributed by atoms with Gasteiger partial charge in [-0.05, 0) is 29.7 Å². The maximum atomic E-state index is 13.0. The first-order valence-corrected chi connectivity index (χ1v) is 7.09. The monoisotopic (exact) mass is 314 g/mol. The highest BCUT2D eigenvalue weighted by Gasteiger charge is 2.32. The molecule has 2 N–H and O–H groups in total. The van der Waals surface area contributed by atoms with Crippen LogP contribution in [0.2, 0.25) is 0 Å². The maximum Gasteiger partial charge on any atom is 0.289 e. The van der Waals surface area contributed by atoms with Crippen molar-refractivity contribution < 1.29 is 19.1 Å². The Hall–Kier alpha value is -2.89. The van der Waals surface area contributed by atoms with Crippen LogP contribution in [0.5, 0.6) is 0 Å². The van der Waals surface area contributed by atoms with Gasteiger partial charge in [-0.25, -0.2) is 4.39 Å². The number of nitrogens with one attached hydrogen (secondary N) is 1. The van der Waals surface area contributed by atoms with E-state index >= 15 is 0 Å². The average molecular weight is 314 g/mol. The zero-order valence-corrected chi connectivity index (χ0v) is 12.5. The Kier molecular flexibility index (Phi) is 3.73. The molecule has 6 heteroatoms. The Labute approximate surface area is 132 Å². The van der Waals surface area contributed by atoms with Crippen molar-refractivity contribution in [3.8, 4) is 0 Å². The number of amides is 1. The third-order valence-corrected chi connectivity index (χ3v) is 3.89. The molecule has 0 unspecified atom stereocenters. The molecular weight excluding hydrogens is 299 g/mol. The number of aliphatic hydroxyl groups excluding tert-OH is 1. The lowest BCUT2D eigenvalue weighted by Gasteiger charge is -2.07. The zero-order valence-electron chi connectivity index (χ0n) is 12.5. The second-order valence-electron chi connectivity index (χ2n) is 5.51. The SMILES string of the molecule is CN1CC(C(=O)c2c[nH]cc2Cc2ccc(F)cc2)=C(O)C1=O. The third-order valence-electron chi connectivity index (χ3n) is 3.89. The van der Waals surface area contributed by atoms with E-state index in [-0.39, 0.29) is 23.7 Å². The number of benzene rings is 1. The van der Waals surface area contributed by atoms with Gasteiger partial charge in [0.05, 0.1) is 12.1 Å². The molecule has 0 bridgehead atoms.